The van der Waals surface area contributed by atoms with Gasteiger partial charge in [-0.1, -0.05) is 18.2 Å². The fraction of sp³-hybridized carbons (Fsp3) is 0.348. The molecule has 162 valence electrons. The standard InChI is InChI=1S/C23H25FN4O3/c24-20-3-4-21(25-13-20)16-31-22-12-23(30)28(26-14-22)8-5-17-1-2-18-6-7-27(9-10-29)15-19(18)11-17/h1-4,11-14,29H,5-10,15-16H2. The lowest BCUT2D eigenvalue weighted by Gasteiger charge is -2.28. The number of aryl methyl sites for hydroxylation is 2. The third kappa shape index (κ3) is 5.53. The summed E-state index contributed by atoms with van der Waals surface area (Å²) in [6.07, 6.45) is 4.32. The maximum atomic E-state index is 12.9. The first-order valence-corrected chi connectivity index (χ1v) is 10.3. The first-order valence-electron chi connectivity index (χ1n) is 10.3. The topological polar surface area (TPSA) is 80.5 Å². The van der Waals surface area contributed by atoms with Crippen LogP contribution in [0.2, 0.25) is 0 Å². The molecule has 0 aliphatic carbocycles. The average Bonchev–Trinajstić information content (AvgIpc) is 2.78. The molecule has 0 unspecified atom stereocenters. The van der Waals surface area contributed by atoms with Crippen molar-refractivity contribution < 1.29 is 14.2 Å². The summed E-state index contributed by atoms with van der Waals surface area (Å²) in [4.78, 5) is 18.6. The van der Waals surface area contributed by atoms with Crippen LogP contribution in [-0.2, 0) is 32.5 Å². The number of halogens is 1. The number of aliphatic hydroxyl groups excluding tert-OH is 1. The number of β-amino-alcohol motifs (C(OH)–C–C–N with tert-alkyl or cyclic N) is 1. The van der Waals surface area contributed by atoms with E-state index in [1.165, 1.54) is 40.2 Å². The van der Waals surface area contributed by atoms with Crippen LogP contribution in [0.15, 0.2) is 53.6 Å². The Kier molecular flexibility index (Phi) is 6.69. The van der Waals surface area contributed by atoms with Crippen molar-refractivity contribution >= 4 is 0 Å². The van der Waals surface area contributed by atoms with Crippen molar-refractivity contribution in [3.63, 3.8) is 0 Å². The Bertz CT molecular complexity index is 1080. The molecule has 8 heteroatoms. The Morgan fingerprint density at radius 3 is 2.77 bits per heavy atom. The summed E-state index contributed by atoms with van der Waals surface area (Å²) < 4.78 is 19.9. The Morgan fingerprint density at radius 2 is 2.00 bits per heavy atom. The van der Waals surface area contributed by atoms with Crippen LogP contribution in [0.5, 0.6) is 5.75 Å². The minimum absolute atomic E-state index is 0.133. The van der Waals surface area contributed by atoms with E-state index in [0.717, 1.165) is 31.3 Å². The summed E-state index contributed by atoms with van der Waals surface area (Å²) in [6, 6.07) is 10.7. The van der Waals surface area contributed by atoms with Gasteiger partial charge in [-0.25, -0.2) is 9.07 Å². The molecule has 0 fully saturated rings. The molecule has 4 rings (SSSR count). The molecule has 0 radical (unpaired) electrons. The van der Waals surface area contributed by atoms with Crippen molar-refractivity contribution in [2.24, 2.45) is 0 Å². The van der Waals surface area contributed by atoms with Crippen LogP contribution in [0.1, 0.15) is 22.4 Å². The number of hydrogen-bond acceptors (Lipinski definition) is 6. The minimum atomic E-state index is -0.408. The molecule has 3 heterocycles. The van der Waals surface area contributed by atoms with Crippen LogP contribution in [0.3, 0.4) is 0 Å². The van der Waals surface area contributed by atoms with Crippen LogP contribution >= 0.6 is 0 Å². The monoisotopic (exact) mass is 424 g/mol. The lowest BCUT2D eigenvalue weighted by atomic mass is 9.96. The lowest BCUT2D eigenvalue weighted by molar-refractivity contribution is 0.184. The first kappa shape index (κ1) is 21.1. The van der Waals surface area contributed by atoms with Gasteiger partial charge in [0.1, 0.15) is 18.2 Å². The SMILES string of the molecule is O=c1cc(OCc2ccc(F)cn2)cnn1CCc1ccc2c(c1)CN(CCO)CC2. The fourth-order valence-corrected chi connectivity index (χ4v) is 3.70. The highest BCUT2D eigenvalue weighted by molar-refractivity contribution is 5.34. The van der Waals surface area contributed by atoms with E-state index in [1.54, 1.807) is 0 Å². The molecule has 2 aromatic heterocycles. The van der Waals surface area contributed by atoms with Crippen molar-refractivity contribution in [1.29, 1.82) is 0 Å². The number of nitrogens with zero attached hydrogens (tertiary/aromatic N) is 4. The highest BCUT2D eigenvalue weighted by atomic mass is 19.1. The zero-order chi connectivity index (χ0) is 21.6. The summed E-state index contributed by atoms with van der Waals surface area (Å²) in [6.45, 7) is 3.28. The largest absolute Gasteiger partial charge is 0.485 e. The number of benzene rings is 1. The Morgan fingerprint density at radius 1 is 1.10 bits per heavy atom. The van der Waals surface area contributed by atoms with Gasteiger partial charge >= 0.3 is 0 Å². The second-order valence-electron chi connectivity index (χ2n) is 7.61. The molecule has 7 nitrogen and oxygen atoms in total. The molecule has 0 atom stereocenters. The van der Waals surface area contributed by atoms with Gasteiger partial charge in [0.2, 0.25) is 0 Å². The van der Waals surface area contributed by atoms with Crippen LogP contribution < -0.4 is 10.3 Å². The number of fused-ring (bicyclic) bond motifs is 1. The number of aliphatic hydroxyl groups is 1. The zero-order valence-electron chi connectivity index (χ0n) is 17.2. The first-order chi connectivity index (χ1) is 15.1. The van der Waals surface area contributed by atoms with Crippen LogP contribution in [0, 0.1) is 5.82 Å². The number of hydrogen-bond donors (Lipinski definition) is 1. The van der Waals surface area contributed by atoms with E-state index in [1.807, 2.05) is 0 Å². The van der Waals surface area contributed by atoms with E-state index in [2.05, 4.69) is 33.2 Å². The third-order valence-corrected chi connectivity index (χ3v) is 5.41. The van der Waals surface area contributed by atoms with E-state index < -0.39 is 5.82 Å². The molecule has 1 aromatic carbocycles. The van der Waals surface area contributed by atoms with E-state index >= 15 is 0 Å². The van der Waals surface area contributed by atoms with Crippen molar-refractivity contribution in [2.75, 3.05) is 19.7 Å². The lowest BCUT2D eigenvalue weighted by Crippen LogP contribution is -2.32. The number of aromatic nitrogens is 3. The van der Waals surface area contributed by atoms with E-state index in [0.29, 0.717) is 31.0 Å². The molecular weight excluding hydrogens is 399 g/mol. The number of pyridine rings is 1. The summed E-state index contributed by atoms with van der Waals surface area (Å²) in [5.41, 5.74) is 4.12. The molecule has 0 spiro atoms. The van der Waals surface area contributed by atoms with Crippen LogP contribution in [0.4, 0.5) is 4.39 Å². The van der Waals surface area contributed by atoms with Gasteiger partial charge in [0.25, 0.3) is 5.56 Å². The molecule has 1 aliphatic rings. The molecule has 0 bridgehead atoms. The van der Waals surface area contributed by atoms with E-state index in [9.17, 15) is 14.3 Å². The molecular formula is C23H25FN4O3. The Hall–Kier alpha value is -3.10. The van der Waals surface area contributed by atoms with E-state index in [-0.39, 0.29) is 18.8 Å². The van der Waals surface area contributed by atoms with Gasteiger partial charge in [0.15, 0.2) is 0 Å². The highest BCUT2D eigenvalue weighted by Crippen LogP contribution is 2.20. The summed E-state index contributed by atoms with van der Waals surface area (Å²) in [5, 5.41) is 13.4. The predicted octanol–water partition coefficient (Wildman–Crippen LogP) is 1.95. The molecule has 0 amide bonds. The smallest absolute Gasteiger partial charge is 0.270 e. The highest BCUT2D eigenvalue weighted by Gasteiger charge is 2.16. The van der Waals surface area contributed by atoms with Gasteiger partial charge in [-0.3, -0.25) is 14.7 Å². The zero-order valence-corrected chi connectivity index (χ0v) is 17.2. The summed E-state index contributed by atoms with van der Waals surface area (Å²) >= 11 is 0. The molecule has 1 aliphatic heterocycles. The van der Waals surface area contributed by atoms with Gasteiger partial charge in [-0.2, -0.15) is 5.10 Å². The quantitative estimate of drug-likeness (QED) is 0.595. The third-order valence-electron chi connectivity index (χ3n) is 5.41. The normalized spacial score (nSPS) is 13.7. The summed E-state index contributed by atoms with van der Waals surface area (Å²) in [7, 11) is 0. The Balaban J connectivity index is 1.35. The second kappa shape index (κ2) is 9.80. The van der Waals surface area contributed by atoms with Crippen LogP contribution in [0.25, 0.3) is 0 Å². The van der Waals surface area contributed by atoms with Crippen molar-refractivity contribution in [2.45, 2.75) is 32.5 Å². The summed E-state index contributed by atoms with van der Waals surface area (Å²) in [5.74, 6) is -0.0560. The van der Waals surface area contributed by atoms with Crippen molar-refractivity contribution in [1.82, 2.24) is 19.7 Å². The van der Waals surface area contributed by atoms with Gasteiger partial charge in [0.05, 0.1) is 24.7 Å². The molecule has 1 N–H and O–H groups in total. The second-order valence-corrected chi connectivity index (χ2v) is 7.61. The fourth-order valence-electron chi connectivity index (χ4n) is 3.70. The van der Waals surface area contributed by atoms with Gasteiger partial charge < -0.3 is 9.84 Å². The van der Waals surface area contributed by atoms with Gasteiger partial charge in [-0.15, -0.1) is 0 Å². The predicted molar refractivity (Wildman–Crippen MR) is 113 cm³/mol. The van der Waals surface area contributed by atoms with E-state index in [4.69, 9.17) is 4.74 Å². The molecule has 0 saturated heterocycles. The number of ether oxygens (including phenoxy) is 1. The van der Waals surface area contributed by atoms with Crippen molar-refractivity contribution in [3.05, 3.63) is 87.3 Å². The molecule has 0 saturated carbocycles. The molecule has 3 aromatic rings. The molecule has 31 heavy (non-hydrogen) atoms. The number of rotatable bonds is 8. The average molecular weight is 424 g/mol. The van der Waals surface area contributed by atoms with Gasteiger partial charge in [0, 0.05) is 32.2 Å². The van der Waals surface area contributed by atoms with Crippen molar-refractivity contribution in [3.8, 4) is 5.75 Å². The Labute approximate surface area is 179 Å². The maximum Gasteiger partial charge on any atom is 0.270 e. The van der Waals surface area contributed by atoms with Gasteiger partial charge in [-0.05, 0) is 41.7 Å². The maximum absolute atomic E-state index is 12.9. The van der Waals surface area contributed by atoms with Crippen LogP contribution in [-0.4, -0.2) is 44.5 Å². The minimum Gasteiger partial charge on any atom is -0.485 e.